The van der Waals surface area contributed by atoms with Crippen LogP contribution in [0.3, 0.4) is 0 Å². The molecule has 0 amide bonds. The summed E-state index contributed by atoms with van der Waals surface area (Å²) >= 11 is 7.59. The van der Waals surface area contributed by atoms with Gasteiger partial charge in [0.2, 0.25) is 0 Å². The molecule has 31 heavy (non-hydrogen) atoms. The minimum atomic E-state index is -0.0922. The van der Waals surface area contributed by atoms with Gasteiger partial charge in [-0.3, -0.25) is 18.7 Å². The second-order valence-corrected chi connectivity index (χ2v) is 8.93. The number of aryl methyl sites for hydroxylation is 1. The van der Waals surface area contributed by atoms with Gasteiger partial charge in [0.25, 0.3) is 5.56 Å². The van der Waals surface area contributed by atoms with E-state index < -0.39 is 0 Å². The number of halogens is 1. The van der Waals surface area contributed by atoms with E-state index in [1.807, 2.05) is 62.0 Å². The summed E-state index contributed by atoms with van der Waals surface area (Å²) in [5.41, 5.74) is 3.18. The summed E-state index contributed by atoms with van der Waals surface area (Å²) < 4.78 is 3.60. The fourth-order valence-electron chi connectivity index (χ4n) is 3.23. The molecule has 0 fully saturated rings. The van der Waals surface area contributed by atoms with E-state index in [-0.39, 0.29) is 11.6 Å². The SMILES string of the molecule is Cc1cccn2c(=O)cc(CSc3nnc([C@H](C)N(C)C)n3-c3ccc(Cl)cc3)nc12. The van der Waals surface area contributed by atoms with Gasteiger partial charge in [-0.1, -0.05) is 29.4 Å². The van der Waals surface area contributed by atoms with Crippen molar-refractivity contribution < 1.29 is 0 Å². The molecule has 0 aliphatic carbocycles. The Labute approximate surface area is 189 Å². The van der Waals surface area contributed by atoms with Crippen molar-refractivity contribution in [3.63, 3.8) is 0 Å². The Kier molecular flexibility index (Phi) is 6.13. The van der Waals surface area contributed by atoms with Crippen LogP contribution in [-0.2, 0) is 5.75 Å². The first-order chi connectivity index (χ1) is 14.8. The third-order valence-corrected chi connectivity index (χ3v) is 6.39. The lowest BCUT2D eigenvalue weighted by Crippen LogP contribution is -2.20. The first kappa shape index (κ1) is 21.5. The minimum absolute atomic E-state index is 0.0589. The number of hydrogen-bond acceptors (Lipinski definition) is 6. The first-order valence-electron chi connectivity index (χ1n) is 9.83. The summed E-state index contributed by atoms with van der Waals surface area (Å²) in [6, 6.07) is 13.0. The van der Waals surface area contributed by atoms with Crippen LogP contribution in [0.15, 0.2) is 58.6 Å². The second-order valence-electron chi connectivity index (χ2n) is 7.55. The summed E-state index contributed by atoms with van der Waals surface area (Å²) in [5, 5.41) is 10.3. The van der Waals surface area contributed by atoms with E-state index in [1.54, 1.807) is 16.7 Å². The van der Waals surface area contributed by atoms with Crippen LogP contribution >= 0.6 is 23.4 Å². The Morgan fingerprint density at radius 3 is 2.61 bits per heavy atom. The summed E-state index contributed by atoms with van der Waals surface area (Å²) in [7, 11) is 4.01. The van der Waals surface area contributed by atoms with Crippen LogP contribution in [0, 0.1) is 6.92 Å². The molecule has 0 aliphatic heterocycles. The quantitative estimate of drug-likeness (QED) is 0.407. The maximum Gasteiger partial charge on any atom is 0.258 e. The highest BCUT2D eigenvalue weighted by Crippen LogP contribution is 2.29. The van der Waals surface area contributed by atoms with Gasteiger partial charge in [-0.2, -0.15) is 0 Å². The van der Waals surface area contributed by atoms with Crippen molar-refractivity contribution in [3.05, 3.63) is 81.1 Å². The zero-order valence-corrected chi connectivity index (χ0v) is 19.4. The van der Waals surface area contributed by atoms with Gasteiger partial charge in [-0.25, -0.2) is 4.98 Å². The average Bonchev–Trinajstić information content (AvgIpc) is 3.17. The predicted octanol–water partition coefficient (Wildman–Crippen LogP) is 4.15. The van der Waals surface area contributed by atoms with Gasteiger partial charge < -0.3 is 0 Å². The van der Waals surface area contributed by atoms with Gasteiger partial charge >= 0.3 is 0 Å². The summed E-state index contributed by atoms with van der Waals surface area (Å²) in [5.74, 6) is 1.33. The fraction of sp³-hybridized carbons (Fsp3) is 0.273. The zero-order valence-electron chi connectivity index (χ0n) is 17.8. The molecule has 0 saturated heterocycles. The van der Waals surface area contributed by atoms with Crippen LogP contribution in [0.5, 0.6) is 0 Å². The van der Waals surface area contributed by atoms with Crippen LogP contribution in [0.1, 0.15) is 30.0 Å². The number of hydrogen-bond donors (Lipinski definition) is 0. The van der Waals surface area contributed by atoms with E-state index >= 15 is 0 Å². The third kappa shape index (κ3) is 4.37. The predicted molar refractivity (Wildman–Crippen MR) is 124 cm³/mol. The van der Waals surface area contributed by atoms with Crippen molar-refractivity contribution in [1.29, 1.82) is 0 Å². The maximum atomic E-state index is 12.5. The van der Waals surface area contributed by atoms with Crippen LogP contribution in [0.2, 0.25) is 5.02 Å². The summed E-state index contributed by atoms with van der Waals surface area (Å²) in [4.78, 5) is 19.3. The van der Waals surface area contributed by atoms with E-state index in [2.05, 4.69) is 22.0 Å². The third-order valence-electron chi connectivity index (χ3n) is 5.18. The number of aromatic nitrogens is 5. The Hall–Kier alpha value is -2.68. The molecule has 0 unspecified atom stereocenters. The van der Waals surface area contributed by atoms with Crippen molar-refractivity contribution in [1.82, 2.24) is 29.0 Å². The van der Waals surface area contributed by atoms with Gasteiger partial charge in [0.15, 0.2) is 11.0 Å². The van der Waals surface area contributed by atoms with Gasteiger partial charge in [0.05, 0.1) is 11.7 Å². The number of fused-ring (bicyclic) bond motifs is 1. The first-order valence-corrected chi connectivity index (χ1v) is 11.2. The van der Waals surface area contributed by atoms with Gasteiger partial charge in [-0.15, -0.1) is 10.2 Å². The van der Waals surface area contributed by atoms with E-state index in [0.717, 1.165) is 22.2 Å². The lowest BCUT2D eigenvalue weighted by molar-refractivity contribution is 0.305. The molecular formula is C22H23ClN6OS. The van der Waals surface area contributed by atoms with Crippen molar-refractivity contribution in [2.75, 3.05) is 14.1 Å². The number of nitrogens with zero attached hydrogens (tertiary/aromatic N) is 6. The smallest absolute Gasteiger partial charge is 0.258 e. The number of rotatable bonds is 6. The van der Waals surface area contributed by atoms with Crippen LogP contribution in [-0.4, -0.2) is 43.1 Å². The molecule has 3 aromatic heterocycles. The number of benzene rings is 1. The van der Waals surface area contributed by atoms with Gasteiger partial charge in [-0.05, 0) is 63.8 Å². The monoisotopic (exact) mass is 454 g/mol. The Bertz CT molecular complexity index is 1280. The molecule has 1 atom stereocenters. The molecule has 0 bridgehead atoms. The van der Waals surface area contributed by atoms with Crippen molar-refractivity contribution in [2.24, 2.45) is 0 Å². The molecule has 0 N–H and O–H groups in total. The van der Waals surface area contributed by atoms with E-state index in [4.69, 9.17) is 16.6 Å². The number of thioether (sulfide) groups is 1. The lowest BCUT2D eigenvalue weighted by Gasteiger charge is -2.20. The molecule has 9 heteroatoms. The zero-order chi connectivity index (χ0) is 22.1. The molecule has 4 rings (SSSR count). The Morgan fingerprint density at radius 2 is 1.90 bits per heavy atom. The summed E-state index contributed by atoms with van der Waals surface area (Å²) in [6.45, 7) is 4.03. The lowest BCUT2D eigenvalue weighted by atomic mass is 10.2. The van der Waals surface area contributed by atoms with Crippen LogP contribution < -0.4 is 5.56 Å². The average molecular weight is 455 g/mol. The molecule has 1 aromatic carbocycles. The normalized spacial score (nSPS) is 12.6. The van der Waals surface area contributed by atoms with Crippen molar-refractivity contribution in [2.45, 2.75) is 30.8 Å². The maximum absolute atomic E-state index is 12.5. The topological polar surface area (TPSA) is 68.3 Å². The van der Waals surface area contributed by atoms with E-state index in [9.17, 15) is 4.79 Å². The van der Waals surface area contributed by atoms with Crippen LogP contribution in [0.4, 0.5) is 0 Å². The number of pyridine rings is 1. The molecule has 3 heterocycles. The molecule has 4 aromatic rings. The molecule has 160 valence electrons. The van der Waals surface area contributed by atoms with Crippen LogP contribution in [0.25, 0.3) is 11.3 Å². The van der Waals surface area contributed by atoms with Crippen molar-refractivity contribution >= 4 is 29.0 Å². The standard InChI is InChI=1S/C22H23ClN6OS/c1-14-6-5-11-28-19(30)12-17(24-20(14)28)13-31-22-26-25-21(15(2)27(3)4)29(22)18-9-7-16(23)8-10-18/h5-12,15H,13H2,1-4H3/t15-/m0/s1. The molecule has 0 aliphatic rings. The Balaban J connectivity index is 1.70. The van der Waals surface area contributed by atoms with Crippen molar-refractivity contribution in [3.8, 4) is 5.69 Å². The molecule has 0 saturated carbocycles. The van der Waals surface area contributed by atoms with E-state index in [0.29, 0.717) is 22.1 Å². The van der Waals surface area contributed by atoms with Gasteiger partial charge in [0.1, 0.15) is 5.65 Å². The fourth-order valence-corrected chi connectivity index (χ4v) is 4.21. The highest BCUT2D eigenvalue weighted by molar-refractivity contribution is 7.98. The second kappa shape index (κ2) is 8.82. The largest absolute Gasteiger partial charge is 0.300 e. The molecule has 0 spiro atoms. The van der Waals surface area contributed by atoms with E-state index in [1.165, 1.54) is 11.8 Å². The highest BCUT2D eigenvalue weighted by Gasteiger charge is 2.21. The Morgan fingerprint density at radius 1 is 1.16 bits per heavy atom. The highest BCUT2D eigenvalue weighted by atomic mass is 35.5. The summed E-state index contributed by atoms with van der Waals surface area (Å²) in [6.07, 6.45) is 1.74. The molecular weight excluding hydrogens is 432 g/mol. The molecule has 0 radical (unpaired) electrons. The minimum Gasteiger partial charge on any atom is -0.300 e. The molecule has 7 nitrogen and oxygen atoms in total. The van der Waals surface area contributed by atoms with Gasteiger partial charge in [0, 0.05) is 28.7 Å².